The van der Waals surface area contributed by atoms with Crippen molar-refractivity contribution in [3.63, 3.8) is 0 Å². The van der Waals surface area contributed by atoms with Crippen LogP contribution in [0, 0.1) is 6.92 Å². The Kier molecular flexibility index (Phi) is 13.6. The van der Waals surface area contributed by atoms with Crippen LogP contribution in [0.5, 0.6) is 5.75 Å². The third-order valence-corrected chi connectivity index (χ3v) is 9.44. The Morgan fingerprint density at radius 3 is 2.40 bits per heavy atom. The number of hydrogen-bond acceptors (Lipinski definition) is 7. The Bertz CT molecular complexity index is 1980. The summed E-state index contributed by atoms with van der Waals surface area (Å²) in [5.74, 6) is -0.422. The Hall–Kier alpha value is -6.01. The maximum atomic E-state index is 14.1. The summed E-state index contributed by atoms with van der Waals surface area (Å²) in [4.78, 5) is 61.7. The van der Waals surface area contributed by atoms with Crippen molar-refractivity contribution in [2.75, 3.05) is 49.5 Å². The van der Waals surface area contributed by atoms with Gasteiger partial charge in [-0.2, -0.15) is 0 Å². The fraction of sp³-hybridized carbons (Fsp3) is 0.326. The zero-order chi connectivity index (χ0) is 38.4. The molecular weight excluding hydrogens is 695 g/mol. The van der Waals surface area contributed by atoms with E-state index in [2.05, 4.69) is 38.3 Å². The lowest BCUT2D eigenvalue weighted by atomic mass is 10.0. The number of piperidine rings is 1. The van der Waals surface area contributed by atoms with Crippen molar-refractivity contribution in [3.05, 3.63) is 125 Å². The zero-order valence-corrected chi connectivity index (χ0v) is 31.3. The van der Waals surface area contributed by atoms with Crippen LogP contribution in [0.2, 0.25) is 0 Å². The second-order valence-electron chi connectivity index (χ2n) is 13.8. The molecule has 0 aromatic heterocycles. The number of likely N-dealkylation sites (tertiary alicyclic amines) is 1. The number of amides is 5. The van der Waals surface area contributed by atoms with E-state index in [0.717, 1.165) is 36.5 Å². The molecule has 0 bridgehead atoms. The van der Waals surface area contributed by atoms with Gasteiger partial charge in [-0.25, -0.2) is 9.79 Å². The molecule has 0 spiro atoms. The number of ether oxygens (including phenoxy) is 1. The van der Waals surface area contributed by atoms with Crippen molar-refractivity contribution in [3.8, 4) is 5.75 Å². The van der Waals surface area contributed by atoms with Crippen LogP contribution >= 0.6 is 0 Å². The lowest BCUT2D eigenvalue weighted by Gasteiger charge is -2.26. The van der Waals surface area contributed by atoms with E-state index in [0.29, 0.717) is 42.2 Å². The summed E-state index contributed by atoms with van der Waals surface area (Å²) in [6, 6.07) is 31.4. The second-order valence-corrected chi connectivity index (χ2v) is 13.8. The Balaban J connectivity index is 1.01. The van der Waals surface area contributed by atoms with Crippen molar-refractivity contribution < 1.29 is 23.9 Å². The first kappa shape index (κ1) is 38.7. The van der Waals surface area contributed by atoms with E-state index in [1.54, 1.807) is 18.2 Å². The minimum atomic E-state index is -1.33. The first-order valence-electron chi connectivity index (χ1n) is 19.0. The van der Waals surface area contributed by atoms with Crippen LogP contribution in [0.1, 0.15) is 54.4 Å². The van der Waals surface area contributed by atoms with Crippen molar-refractivity contribution in [2.45, 2.75) is 51.7 Å². The predicted molar refractivity (Wildman–Crippen MR) is 214 cm³/mol. The highest BCUT2D eigenvalue weighted by molar-refractivity contribution is 6.21. The van der Waals surface area contributed by atoms with Gasteiger partial charge in [-0.05, 0) is 80.7 Å². The van der Waals surface area contributed by atoms with Crippen molar-refractivity contribution in [1.82, 2.24) is 20.9 Å². The number of urea groups is 1. The smallest absolute Gasteiger partial charge is 0.321 e. The molecule has 1 fully saturated rings. The van der Waals surface area contributed by atoms with Gasteiger partial charge in [0, 0.05) is 42.9 Å². The van der Waals surface area contributed by atoms with E-state index < -0.39 is 24.0 Å². The van der Waals surface area contributed by atoms with Gasteiger partial charge in [0.2, 0.25) is 18.0 Å². The molecule has 12 nitrogen and oxygen atoms in total. The van der Waals surface area contributed by atoms with E-state index in [1.165, 1.54) is 29.7 Å². The van der Waals surface area contributed by atoms with E-state index >= 15 is 0 Å². The topological polar surface area (TPSA) is 144 Å². The van der Waals surface area contributed by atoms with Crippen molar-refractivity contribution in [2.24, 2.45) is 4.99 Å². The molecule has 2 heterocycles. The number of fused-ring (bicyclic) bond motifs is 1. The third-order valence-electron chi connectivity index (χ3n) is 9.44. The van der Waals surface area contributed by atoms with Crippen molar-refractivity contribution >= 4 is 40.8 Å². The molecule has 5 amide bonds. The summed E-state index contributed by atoms with van der Waals surface area (Å²) >= 11 is 0. The molecule has 2 aliphatic rings. The molecule has 4 N–H and O–H groups in total. The molecule has 0 saturated carbocycles. The van der Waals surface area contributed by atoms with Gasteiger partial charge in [0.25, 0.3) is 5.91 Å². The molecule has 0 aliphatic carbocycles. The van der Waals surface area contributed by atoms with Gasteiger partial charge < -0.3 is 26.0 Å². The van der Waals surface area contributed by atoms with Crippen LogP contribution in [0.25, 0.3) is 0 Å². The van der Waals surface area contributed by atoms with E-state index in [1.807, 2.05) is 79.7 Å². The predicted octanol–water partition coefficient (Wildman–Crippen LogP) is 5.40. The second kappa shape index (κ2) is 19.4. The molecule has 12 heteroatoms. The minimum absolute atomic E-state index is 0.0697. The summed E-state index contributed by atoms with van der Waals surface area (Å²) in [7, 11) is 0. The van der Waals surface area contributed by atoms with E-state index in [4.69, 9.17) is 9.73 Å². The Labute approximate surface area is 322 Å². The molecule has 286 valence electrons. The number of aryl methyl sites for hydroxylation is 1. The summed E-state index contributed by atoms with van der Waals surface area (Å²) in [5, 5.41) is 11.1. The molecule has 1 unspecified atom stereocenters. The highest BCUT2D eigenvalue weighted by atomic mass is 16.5. The highest BCUT2D eigenvalue weighted by Crippen LogP contribution is 2.28. The quantitative estimate of drug-likeness (QED) is 0.120. The molecule has 0 radical (unpaired) electrons. The maximum Gasteiger partial charge on any atom is 0.321 e. The number of aliphatic imine (C=N–C) groups is 1. The summed E-state index contributed by atoms with van der Waals surface area (Å²) < 4.78 is 5.94. The molecule has 4 aromatic carbocycles. The normalized spacial score (nSPS) is 15.6. The highest BCUT2D eigenvalue weighted by Gasteiger charge is 2.34. The Morgan fingerprint density at radius 2 is 1.58 bits per heavy atom. The van der Waals surface area contributed by atoms with Gasteiger partial charge >= 0.3 is 6.03 Å². The monoisotopic (exact) mass is 743 g/mol. The zero-order valence-electron chi connectivity index (χ0n) is 31.3. The maximum absolute atomic E-state index is 14.1. The number of rotatable bonds is 15. The van der Waals surface area contributed by atoms with Crippen molar-refractivity contribution in [1.29, 1.82) is 0 Å². The minimum Gasteiger partial charge on any atom is -0.494 e. The number of carbonyl (C=O) groups excluding carboxylic acids is 4. The first-order valence-corrected chi connectivity index (χ1v) is 19.0. The van der Waals surface area contributed by atoms with Crippen LogP contribution in [-0.2, 0) is 20.9 Å². The van der Waals surface area contributed by atoms with Crippen LogP contribution in [-0.4, -0.2) is 79.9 Å². The van der Waals surface area contributed by atoms with Gasteiger partial charge in [-0.3, -0.25) is 24.2 Å². The lowest BCUT2D eigenvalue weighted by molar-refractivity contribution is -0.125. The fourth-order valence-electron chi connectivity index (χ4n) is 6.73. The fourth-order valence-corrected chi connectivity index (χ4v) is 6.73. The van der Waals surface area contributed by atoms with Gasteiger partial charge in [-0.1, -0.05) is 79.2 Å². The molecule has 1 atom stereocenters. The van der Waals surface area contributed by atoms with E-state index in [-0.39, 0.29) is 25.4 Å². The number of para-hydroxylation sites is 1. The summed E-state index contributed by atoms with van der Waals surface area (Å²) in [6.45, 7) is 5.77. The van der Waals surface area contributed by atoms with Gasteiger partial charge in [0.1, 0.15) is 12.3 Å². The summed E-state index contributed by atoms with van der Waals surface area (Å²) in [6.07, 6.45) is 3.19. The molecule has 55 heavy (non-hydrogen) atoms. The number of hydrogen-bond donors (Lipinski definition) is 4. The van der Waals surface area contributed by atoms with Crippen LogP contribution in [0.15, 0.2) is 108 Å². The van der Waals surface area contributed by atoms with Crippen LogP contribution < -0.4 is 30.9 Å². The summed E-state index contributed by atoms with van der Waals surface area (Å²) in [5.41, 5.74) is 5.11. The van der Waals surface area contributed by atoms with Gasteiger partial charge in [0.05, 0.1) is 18.0 Å². The third kappa shape index (κ3) is 11.2. The van der Waals surface area contributed by atoms with Gasteiger partial charge in [0.15, 0.2) is 0 Å². The number of benzodiazepines with no additional fused rings is 1. The largest absolute Gasteiger partial charge is 0.494 e. The number of benzene rings is 4. The SMILES string of the molecule is Cc1cccc(NC(=O)NC2N=C(c3ccccc3)c3ccccc3N(CC(=O)NCCC(=O)NCCCOc3cccc(CN4CCCCC4)c3)C2=O)c1. The number of anilines is 2. The molecule has 1 saturated heterocycles. The standard InChI is InChI=1S/C43H49N7O5/c1-31-13-10-17-34(27-31)46-43(54)48-41-42(53)50(37-20-7-6-19-36(37)40(47-41)33-15-4-2-5-16-33)30-39(52)45-23-21-38(51)44-22-12-26-55-35-18-11-14-32(28-35)29-49-24-8-3-9-25-49/h2,4-7,10-11,13-20,27-28,41H,3,8-9,12,21-26,29-30H2,1H3,(H,44,51)(H,45,52)(H2,46,48,54). The average molecular weight is 744 g/mol. The van der Waals surface area contributed by atoms with E-state index in [9.17, 15) is 19.2 Å². The number of nitrogens with zero attached hydrogens (tertiary/aromatic N) is 3. The number of nitrogens with one attached hydrogen (secondary N) is 4. The van der Waals surface area contributed by atoms with Crippen LogP contribution in [0.4, 0.5) is 16.2 Å². The molecular formula is C43H49N7O5. The molecule has 4 aromatic rings. The lowest BCUT2D eigenvalue weighted by Crippen LogP contribution is -2.51. The first-order chi connectivity index (χ1) is 26.8. The van der Waals surface area contributed by atoms with Gasteiger partial charge in [-0.15, -0.1) is 0 Å². The number of carbonyl (C=O) groups is 4. The average Bonchev–Trinajstić information content (AvgIpc) is 3.29. The molecule has 2 aliphatic heterocycles. The van der Waals surface area contributed by atoms with Crippen LogP contribution in [0.3, 0.4) is 0 Å². The Morgan fingerprint density at radius 1 is 0.818 bits per heavy atom. The molecule has 6 rings (SSSR count).